The van der Waals surface area contributed by atoms with E-state index in [-0.39, 0.29) is 0 Å². The lowest BCUT2D eigenvalue weighted by Crippen LogP contribution is -2.09. The van der Waals surface area contributed by atoms with Gasteiger partial charge >= 0.3 is 0 Å². The Labute approximate surface area is 133 Å². The van der Waals surface area contributed by atoms with Gasteiger partial charge in [0.25, 0.3) is 0 Å². The van der Waals surface area contributed by atoms with Crippen LogP contribution >= 0.6 is 15.9 Å². The molecule has 4 nitrogen and oxygen atoms in total. The van der Waals surface area contributed by atoms with E-state index in [1.807, 2.05) is 49.7 Å². The smallest absolute Gasteiger partial charge is 0.119 e. The zero-order valence-electron chi connectivity index (χ0n) is 12.6. The summed E-state index contributed by atoms with van der Waals surface area (Å²) in [5.41, 5.74) is 2.86. The molecule has 1 atom stereocenters. The standard InChI is InChI=1S/C16H21BrN2O2/c1-4-19-14(16(17)11(3)18-19)10-15(20)12-6-8-13(9-7-12)21-5-2/h6-9,15,20H,4-5,10H2,1-3H3. The number of rotatable bonds is 6. The van der Waals surface area contributed by atoms with Gasteiger partial charge in [-0.1, -0.05) is 12.1 Å². The fourth-order valence-corrected chi connectivity index (χ4v) is 2.76. The number of nitrogens with zero attached hydrogens (tertiary/aromatic N) is 2. The molecule has 0 saturated carbocycles. The van der Waals surface area contributed by atoms with E-state index >= 15 is 0 Å². The SMILES string of the molecule is CCOc1ccc(C(O)Cc2c(Br)c(C)nn2CC)cc1. The highest BCUT2D eigenvalue weighted by atomic mass is 79.9. The molecule has 1 unspecified atom stereocenters. The van der Waals surface area contributed by atoms with E-state index in [9.17, 15) is 5.11 Å². The van der Waals surface area contributed by atoms with Gasteiger partial charge in [-0.25, -0.2) is 0 Å². The quantitative estimate of drug-likeness (QED) is 0.862. The molecule has 0 bridgehead atoms. The molecule has 1 aromatic heterocycles. The van der Waals surface area contributed by atoms with Gasteiger partial charge in [-0.2, -0.15) is 5.10 Å². The van der Waals surface area contributed by atoms with Crippen molar-refractivity contribution in [3.63, 3.8) is 0 Å². The van der Waals surface area contributed by atoms with Gasteiger partial charge < -0.3 is 9.84 Å². The van der Waals surface area contributed by atoms with Crippen LogP contribution in [0.15, 0.2) is 28.7 Å². The van der Waals surface area contributed by atoms with Crippen molar-refractivity contribution in [3.05, 3.63) is 45.7 Å². The molecule has 1 heterocycles. The van der Waals surface area contributed by atoms with Crippen molar-refractivity contribution in [1.29, 1.82) is 0 Å². The minimum atomic E-state index is -0.557. The molecule has 21 heavy (non-hydrogen) atoms. The van der Waals surface area contributed by atoms with Crippen molar-refractivity contribution in [3.8, 4) is 5.75 Å². The number of aliphatic hydroxyl groups excluding tert-OH is 1. The Kier molecular flexibility index (Phi) is 5.42. The van der Waals surface area contributed by atoms with Gasteiger partial charge in [0.15, 0.2) is 0 Å². The summed E-state index contributed by atoms with van der Waals surface area (Å²) >= 11 is 3.56. The van der Waals surface area contributed by atoms with E-state index in [1.165, 1.54) is 0 Å². The van der Waals surface area contributed by atoms with E-state index in [0.29, 0.717) is 13.0 Å². The normalized spacial score (nSPS) is 12.4. The first-order chi connectivity index (χ1) is 10.1. The molecule has 0 saturated heterocycles. The molecule has 0 radical (unpaired) electrons. The Bertz CT molecular complexity index is 593. The molecule has 0 aliphatic heterocycles. The van der Waals surface area contributed by atoms with E-state index in [1.54, 1.807) is 0 Å². The number of halogens is 1. The van der Waals surface area contributed by atoms with Crippen LogP contribution in [0.2, 0.25) is 0 Å². The van der Waals surface area contributed by atoms with Gasteiger partial charge in [0.1, 0.15) is 5.75 Å². The number of aromatic nitrogens is 2. The van der Waals surface area contributed by atoms with E-state index in [4.69, 9.17) is 4.74 Å². The van der Waals surface area contributed by atoms with Crippen LogP contribution in [-0.2, 0) is 13.0 Å². The van der Waals surface area contributed by atoms with Crippen LogP contribution in [0.3, 0.4) is 0 Å². The Morgan fingerprint density at radius 3 is 2.52 bits per heavy atom. The zero-order valence-corrected chi connectivity index (χ0v) is 14.2. The number of hydrogen-bond donors (Lipinski definition) is 1. The summed E-state index contributed by atoms with van der Waals surface area (Å²) < 4.78 is 8.32. The Balaban J connectivity index is 2.15. The van der Waals surface area contributed by atoms with Gasteiger partial charge in [-0.15, -0.1) is 0 Å². The maximum absolute atomic E-state index is 10.4. The minimum absolute atomic E-state index is 0.531. The monoisotopic (exact) mass is 352 g/mol. The number of aryl methyl sites for hydroxylation is 2. The molecule has 0 spiro atoms. The molecule has 1 N–H and O–H groups in total. The van der Waals surface area contributed by atoms with Gasteiger partial charge in [-0.3, -0.25) is 4.68 Å². The maximum atomic E-state index is 10.4. The molecule has 0 fully saturated rings. The predicted molar refractivity (Wildman–Crippen MR) is 86.6 cm³/mol. The molecule has 2 rings (SSSR count). The fraction of sp³-hybridized carbons (Fsp3) is 0.438. The van der Waals surface area contributed by atoms with Gasteiger partial charge in [0.05, 0.1) is 28.6 Å². The van der Waals surface area contributed by atoms with Crippen molar-refractivity contribution in [2.45, 2.75) is 39.8 Å². The van der Waals surface area contributed by atoms with Gasteiger partial charge in [-0.05, 0) is 54.4 Å². The Morgan fingerprint density at radius 1 is 1.29 bits per heavy atom. The Hall–Kier alpha value is -1.33. The summed E-state index contributed by atoms with van der Waals surface area (Å²) in [7, 11) is 0. The third-order valence-electron chi connectivity index (χ3n) is 3.42. The molecular formula is C16H21BrN2O2. The molecule has 0 aliphatic rings. The summed E-state index contributed by atoms with van der Waals surface area (Å²) in [5, 5.41) is 14.9. The van der Waals surface area contributed by atoms with E-state index in [2.05, 4.69) is 21.0 Å². The lowest BCUT2D eigenvalue weighted by atomic mass is 10.0. The van der Waals surface area contributed by atoms with Gasteiger partial charge in [0.2, 0.25) is 0 Å². The average Bonchev–Trinajstić information content (AvgIpc) is 2.76. The average molecular weight is 353 g/mol. The topological polar surface area (TPSA) is 47.3 Å². The van der Waals surface area contributed by atoms with Crippen molar-refractivity contribution < 1.29 is 9.84 Å². The molecule has 1 aromatic carbocycles. The molecule has 0 amide bonds. The molecule has 0 aliphatic carbocycles. The summed E-state index contributed by atoms with van der Waals surface area (Å²) in [6.45, 7) is 7.39. The zero-order chi connectivity index (χ0) is 15.4. The largest absolute Gasteiger partial charge is 0.494 e. The maximum Gasteiger partial charge on any atom is 0.119 e. The first-order valence-electron chi connectivity index (χ1n) is 7.19. The number of benzene rings is 1. The highest BCUT2D eigenvalue weighted by Gasteiger charge is 2.17. The second-order valence-corrected chi connectivity index (χ2v) is 5.68. The van der Waals surface area contributed by atoms with Crippen LogP contribution in [0.1, 0.15) is 36.9 Å². The number of hydrogen-bond acceptors (Lipinski definition) is 3. The van der Waals surface area contributed by atoms with Crippen LogP contribution in [0.4, 0.5) is 0 Å². The van der Waals surface area contributed by atoms with E-state index in [0.717, 1.165) is 33.7 Å². The fourth-order valence-electron chi connectivity index (χ4n) is 2.32. The van der Waals surface area contributed by atoms with E-state index < -0.39 is 6.10 Å². The van der Waals surface area contributed by atoms with Crippen LogP contribution in [0, 0.1) is 6.92 Å². The third-order valence-corrected chi connectivity index (χ3v) is 4.45. The minimum Gasteiger partial charge on any atom is -0.494 e. The molecule has 2 aromatic rings. The Morgan fingerprint density at radius 2 is 1.95 bits per heavy atom. The lowest BCUT2D eigenvalue weighted by Gasteiger charge is -2.13. The predicted octanol–water partition coefficient (Wildman–Crippen LogP) is 3.65. The van der Waals surface area contributed by atoms with Crippen LogP contribution < -0.4 is 4.74 Å². The lowest BCUT2D eigenvalue weighted by molar-refractivity contribution is 0.175. The molecule has 114 valence electrons. The molecular weight excluding hydrogens is 332 g/mol. The van der Waals surface area contributed by atoms with Crippen LogP contribution in [0.25, 0.3) is 0 Å². The molecule has 5 heteroatoms. The number of aliphatic hydroxyl groups is 1. The van der Waals surface area contributed by atoms with Crippen molar-refractivity contribution in [1.82, 2.24) is 9.78 Å². The summed E-state index contributed by atoms with van der Waals surface area (Å²) in [4.78, 5) is 0. The summed E-state index contributed by atoms with van der Waals surface area (Å²) in [6.07, 6.45) is -0.0261. The van der Waals surface area contributed by atoms with Crippen molar-refractivity contribution >= 4 is 15.9 Å². The summed E-state index contributed by atoms with van der Waals surface area (Å²) in [6, 6.07) is 7.59. The number of ether oxygens (including phenoxy) is 1. The second kappa shape index (κ2) is 7.09. The third kappa shape index (κ3) is 3.66. The highest BCUT2D eigenvalue weighted by molar-refractivity contribution is 9.10. The van der Waals surface area contributed by atoms with Crippen molar-refractivity contribution in [2.75, 3.05) is 6.61 Å². The first-order valence-corrected chi connectivity index (χ1v) is 7.98. The first kappa shape index (κ1) is 16.0. The van der Waals surface area contributed by atoms with Crippen molar-refractivity contribution in [2.24, 2.45) is 0 Å². The van der Waals surface area contributed by atoms with Crippen LogP contribution in [-0.4, -0.2) is 21.5 Å². The highest BCUT2D eigenvalue weighted by Crippen LogP contribution is 2.27. The summed E-state index contributed by atoms with van der Waals surface area (Å²) in [5.74, 6) is 0.823. The van der Waals surface area contributed by atoms with Gasteiger partial charge in [0, 0.05) is 13.0 Å². The second-order valence-electron chi connectivity index (χ2n) is 4.88. The van der Waals surface area contributed by atoms with Crippen LogP contribution in [0.5, 0.6) is 5.75 Å².